The Balaban J connectivity index is 1.63. The van der Waals surface area contributed by atoms with Crippen LogP contribution in [0.4, 0.5) is 11.4 Å². The molecular weight excluding hydrogens is 350 g/mol. The fourth-order valence-electron chi connectivity index (χ4n) is 2.86. The normalized spacial score (nSPS) is 17.5. The molecule has 1 unspecified atom stereocenters. The van der Waals surface area contributed by atoms with Gasteiger partial charge in [0.25, 0.3) is 10.0 Å². The summed E-state index contributed by atoms with van der Waals surface area (Å²) in [7, 11) is -3.63. The molecule has 0 radical (unpaired) electrons. The molecule has 1 amide bonds. The minimum absolute atomic E-state index is 0.0577. The third-order valence-corrected chi connectivity index (χ3v) is 5.76. The summed E-state index contributed by atoms with van der Waals surface area (Å²) in [6.07, 6.45) is 2.98. The molecule has 2 aromatic rings. The Bertz CT molecular complexity index is 856. The molecule has 1 heterocycles. The molecule has 3 rings (SSSR count). The smallest absolute Gasteiger partial charge is 0.261 e. The molecule has 0 aromatic heterocycles. The van der Waals surface area contributed by atoms with Crippen molar-refractivity contribution in [3.05, 3.63) is 54.1 Å². The van der Waals surface area contributed by atoms with E-state index in [0.29, 0.717) is 11.4 Å². The molecule has 1 aliphatic heterocycles. The van der Waals surface area contributed by atoms with Crippen molar-refractivity contribution in [1.82, 2.24) is 5.32 Å². The first-order valence-corrected chi connectivity index (χ1v) is 10.2. The number of benzene rings is 2. The zero-order valence-electron chi connectivity index (χ0n) is 14.7. The first kappa shape index (κ1) is 18.4. The molecule has 1 fully saturated rings. The summed E-state index contributed by atoms with van der Waals surface area (Å²) in [5.41, 5.74) is 2.08. The maximum atomic E-state index is 12.4. The molecule has 3 N–H and O–H groups in total. The topological polar surface area (TPSA) is 87.3 Å². The third kappa shape index (κ3) is 4.62. The maximum absolute atomic E-state index is 12.4. The van der Waals surface area contributed by atoms with Crippen LogP contribution in [0, 0.1) is 6.92 Å². The third-order valence-electron chi connectivity index (χ3n) is 4.36. The Morgan fingerprint density at radius 1 is 1.00 bits per heavy atom. The average molecular weight is 373 g/mol. The van der Waals surface area contributed by atoms with E-state index < -0.39 is 10.0 Å². The number of carbonyl (C=O) groups excluding carboxylic acids is 1. The Labute approximate surface area is 154 Å². The summed E-state index contributed by atoms with van der Waals surface area (Å²) >= 11 is 0. The van der Waals surface area contributed by atoms with Crippen LogP contribution in [0.1, 0.15) is 24.8 Å². The lowest BCUT2D eigenvalue weighted by Crippen LogP contribution is -2.43. The molecule has 0 bridgehead atoms. The van der Waals surface area contributed by atoms with Crippen molar-refractivity contribution < 1.29 is 13.2 Å². The van der Waals surface area contributed by atoms with Crippen LogP contribution >= 0.6 is 0 Å². The molecule has 7 heteroatoms. The van der Waals surface area contributed by atoms with Gasteiger partial charge in [0.15, 0.2) is 0 Å². The van der Waals surface area contributed by atoms with Gasteiger partial charge in [-0.3, -0.25) is 9.52 Å². The van der Waals surface area contributed by atoms with Crippen LogP contribution in [0.3, 0.4) is 0 Å². The fraction of sp³-hybridized carbons (Fsp3) is 0.316. The summed E-state index contributed by atoms with van der Waals surface area (Å²) in [5.74, 6) is -0.0577. The van der Waals surface area contributed by atoms with Crippen molar-refractivity contribution in [2.75, 3.05) is 16.6 Å². The van der Waals surface area contributed by atoms with Gasteiger partial charge in [-0.15, -0.1) is 0 Å². The number of hydrogen-bond acceptors (Lipinski definition) is 4. The molecule has 2 aromatic carbocycles. The molecule has 0 spiro atoms. The second-order valence-electron chi connectivity index (χ2n) is 6.49. The van der Waals surface area contributed by atoms with E-state index in [1.807, 2.05) is 6.92 Å². The monoisotopic (exact) mass is 373 g/mol. The number of amides is 1. The van der Waals surface area contributed by atoms with Gasteiger partial charge < -0.3 is 10.6 Å². The Morgan fingerprint density at radius 2 is 1.65 bits per heavy atom. The van der Waals surface area contributed by atoms with Crippen molar-refractivity contribution in [2.45, 2.75) is 37.1 Å². The van der Waals surface area contributed by atoms with Gasteiger partial charge in [0.05, 0.1) is 10.9 Å². The van der Waals surface area contributed by atoms with Crippen molar-refractivity contribution in [2.24, 2.45) is 0 Å². The molecule has 0 aliphatic carbocycles. The summed E-state index contributed by atoms with van der Waals surface area (Å²) in [5, 5.41) is 6.06. The average Bonchev–Trinajstić information content (AvgIpc) is 2.64. The number of nitrogens with one attached hydrogen (secondary N) is 3. The largest absolute Gasteiger partial charge is 0.325 e. The number of carbonyl (C=O) groups is 1. The number of anilines is 2. The first-order valence-electron chi connectivity index (χ1n) is 8.68. The maximum Gasteiger partial charge on any atom is 0.261 e. The quantitative estimate of drug-likeness (QED) is 0.752. The highest BCUT2D eigenvalue weighted by Crippen LogP contribution is 2.19. The summed E-state index contributed by atoms with van der Waals surface area (Å²) < 4.78 is 27.3. The first-order chi connectivity index (χ1) is 12.4. The van der Waals surface area contributed by atoms with Crippen molar-refractivity contribution >= 4 is 27.3 Å². The summed E-state index contributed by atoms with van der Waals surface area (Å²) in [6, 6.07) is 13.1. The van der Waals surface area contributed by atoms with E-state index in [4.69, 9.17) is 0 Å². The molecule has 138 valence electrons. The van der Waals surface area contributed by atoms with E-state index in [2.05, 4.69) is 15.4 Å². The van der Waals surface area contributed by atoms with Crippen LogP contribution in [0.25, 0.3) is 0 Å². The van der Waals surface area contributed by atoms with Gasteiger partial charge >= 0.3 is 0 Å². The highest BCUT2D eigenvalue weighted by atomic mass is 32.2. The van der Waals surface area contributed by atoms with E-state index in [9.17, 15) is 13.2 Å². The number of rotatable bonds is 5. The Hall–Kier alpha value is -2.38. The fourth-order valence-corrected chi connectivity index (χ4v) is 3.92. The highest BCUT2D eigenvalue weighted by Gasteiger charge is 2.20. The molecule has 1 aliphatic rings. The Kier molecular flexibility index (Phi) is 5.58. The number of aryl methyl sites for hydroxylation is 1. The second-order valence-corrected chi connectivity index (χ2v) is 8.17. The molecule has 1 atom stereocenters. The highest BCUT2D eigenvalue weighted by molar-refractivity contribution is 7.92. The zero-order chi connectivity index (χ0) is 18.6. The van der Waals surface area contributed by atoms with Gasteiger partial charge in [0, 0.05) is 11.4 Å². The minimum Gasteiger partial charge on any atom is -0.325 e. The van der Waals surface area contributed by atoms with E-state index in [0.717, 1.165) is 31.4 Å². The minimum atomic E-state index is -3.63. The molecular formula is C19H23N3O3S. The lowest BCUT2D eigenvalue weighted by molar-refractivity contribution is -0.118. The molecule has 1 saturated heterocycles. The van der Waals surface area contributed by atoms with Gasteiger partial charge in [-0.05, 0) is 62.7 Å². The van der Waals surface area contributed by atoms with Crippen LogP contribution in [0.5, 0.6) is 0 Å². The lowest BCUT2D eigenvalue weighted by atomic mass is 10.0. The van der Waals surface area contributed by atoms with Crippen LogP contribution in [0.15, 0.2) is 53.4 Å². The lowest BCUT2D eigenvalue weighted by Gasteiger charge is -2.22. The standard InChI is InChI=1S/C19H23N3O3S/c1-14-5-11-17(12-6-14)26(24,25)22-16-9-7-15(8-10-16)21-19(23)18-4-2-3-13-20-18/h5-12,18,20,22H,2-4,13H2,1H3,(H,21,23). The number of hydrogen-bond donors (Lipinski definition) is 3. The number of sulfonamides is 1. The second kappa shape index (κ2) is 7.88. The molecule has 6 nitrogen and oxygen atoms in total. The van der Waals surface area contributed by atoms with Crippen molar-refractivity contribution in [3.63, 3.8) is 0 Å². The Morgan fingerprint density at radius 3 is 2.27 bits per heavy atom. The van der Waals surface area contributed by atoms with E-state index in [1.165, 1.54) is 0 Å². The van der Waals surface area contributed by atoms with Gasteiger partial charge in [-0.2, -0.15) is 0 Å². The van der Waals surface area contributed by atoms with Gasteiger partial charge in [0.1, 0.15) is 0 Å². The van der Waals surface area contributed by atoms with Gasteiger partial charge in [0.2, 0.25) is 5.91 Å². The van der Waals surface area contributed by atoms with Gasteiger partial charge in [-0.1, -0.05) is 24.1 Å². The SMILES string of the molecule is Cc1ccc(S(=O)(=O)Nc2ccc(NC(=O)C3CCCCN3)cc2)cc1. The van der Waals surface area contributed by atoms with Crippen LogP contribution in [0.2, 0.25) is 0 Å². The van der Waals surface area contributed by atoms with E-state index in [-0.39, 0.29) is 16.8 Å². The van der Waals surface area contributed by atoms with E-state index >= 15 is 0 Å². The summed E-state index contributed by atoms with van der Waals surface area (Å²) in [6.45, 7) is 2.76. The summed E-state index contributed by atoms with van der Waals surface area (Å²) in [4.78, 5) is 12.4. The van der Waals surface area contributed by atoms with Crippen LogP contribution in [-0.4, -0.2) is 26.9 Å². The predicted octanol–water partition coefficient (Wildman–Crippen LogP) is 2.88. The molecule has 0 saturated carbocycles. The van der Waals surface area contributed by atoms with Crippen molar-refractivity contribution in [1.29, 1.82) is 0 Å². The van der Waals surface area contributed by atoms with Crippen LogP contribution < -0.4 is 15.4 Å². The van der Waals surface area contributed by atoms with Crippen LogP contribution in [-0.2, 0) is 14.8 Å². The predicted molar refractivity (Wildman–Crippen MR) is 103 cm³/mol. The number of piperidine rings is 1. The van der Waals surface area contributed by atoms with Gasteiger partial charge in [-0.25, -0.2) is 8.42 Å². The van der Waals surface area contributed by atoms with Crippen molar-refractivity contribution in [3.8, 4) is 0 Å². The van der Waals surface area contributed by atoms with E-state index in [1.54, 1.807) is 48.5 Å². The zero-order valence-corrected chi connectivity index (χ0v) is 15.5. The molecule has 26 heavy (non-hydrogen) atoms.